The maximum Gasteiger partial charge on any atom is 0.0628 e. The number of rotatable bonds is 1. The van der Waals surface area contributed by atoms with Crippen LogP contribution >= 0.6 is 0 Å². The van der Waals surface area contributed by atoms with Gasteiger partial charge in [0, 0.05) is 12.5 Å². The zero-order chi connectivity index (χ0) is 9.97. The summed E-state index contributed by atoms with van der Waals surface area (Å²) in [4.78, 5) is 0. The molecule has 0 amide bonds. The first kappa shape index (κ1) is 9.23. The summed E-state index contributed by atoms with van der Waals surface area (Å²) in [6.07, 6.45) is 2.49. The third kappa shape index (κ3) is 1.64. The van der Waals surface area contributed by atoms with Gasteiger partial charge in [-0.3, -0.25) is 0 Å². The molecule has 1 aromatic rings. The number of hydrogen-bond donors (Lipinski definition) is 1. The summed E-state index contributed by atoms with van der Waals surface area (Å²) in [7, 11) is 0. The van der Waals surface area contributed by atoms with E-state index in [0.29, 0.717) is 12.3 Å². The van der Waals surface area contributed by atoms with E-state index in [1.165, 1.54) is 11.1 Å². The van der Waals surface area contributed by atoms with Gasteiger partial charge in [0.15, 0.2) is 0 Å². The van der Waals surface area contributed by atoms with Crippen LogP contribution in [-0.2, 0) is 6.42 Å². The second-order valence-electron chi connectivity index (χ2n) is 3.96. The van der Waals surface area contributed by atoms with Gasteiger partial charge in [-0.05, 0) is 29.9 Å². The highest BCUT2D eigenvalue weighted by molar-refractivity contribution is 5.34. The van der Waals surface area contributed by atoms with Crippen molar-refractivity contribution < 1.29 is 0 Å². The lowest BCUT2D eigenvalue weighted by atomic mass is 9.79. The van der Waals surface area contributed by atoms with E-state index in [2.05, 4.69) is 18.2 Å². The number of nitrogens with two attached hydrogens (primary N) is 1. The predicted molar refractivity (Wildman–Crippen MR) is 55.7 cm³/mol. The minimum absolute atomic E-state index is 0.225. The van der Waals surface area contributed by atoms with E-state index in [0.717, 1.165) is 12.8 Å². The maximum atomic E-state index is 8.74. The van der Waals surface area contributed by atoms with E-state index in [-0.39, 0.29) is 6.04 Å². The first-order chi connectivity index (χ1) is 6.81. The maximum absolute atomic E-state index is 8.74. The Bertz CT molecular complexity index is 365. The number of nitriles is 1. The Morgan fingerprint density at radius 1 is 1.43 bits per heavy atom. The normalized spacial score (nSPS) is 25.1. The van der Waals surface area contributed by atoms with Crippen molar-refractivity contribution in [2.75, 3.05) is 0 Å². The van der Waals surface area contributed by atoms with Crippen molar-refractivity contribution in [2.24, 2.45) is 5.73 Å². The molecular weight excluding hydrogens is 172 g/mol. The Kier molecular flexibility index (Phi) is 2.51. The minimum Gasteiger partial charge on any atom is -0.327 e. The van der Waals surface area contributed by atoms with Crippen LogP contribution in [0.3, 0.4) is 0 Å². The van der Waals surface area contributed by atoms with E-state index in [4.69, 9.17) is 11.0 Å². The fourth-order valence-electron chi connectivity index (χ4n) is 2.28. The molecule has 0 spiro atoms. The van der Waals surface area contributed by atoms with E-state index in [9.17, 15) is 0 Å². The summed E-state index contributed by atoms with van der Waals surface area (Å²) >= 11 is 0. The molecule has 2 rings (SSSR count). The summed E-state index contributed by atoms with van der Waals surface area (Å²) in [5.41, 5.74) is 8.62. The van der Waals surface area contributed by atoms with Crippen molar-refractivity contribution in [1.29, 1.82) is 5.26 Å². The molecule has 72 valence electrons. The third-order valence-electron chi connectivity index (χ3n) is 2.90. The molecule has 0 saturated heterocycles. The first-order valence-electron chi connectivity index (χ1n) is 5.01. The van der Waals surface area contributed by atoms with Gasteiger partial charge in [-0.15, -0.1) is 0 Å². The van der Waals surface area contributed by atoms with Crippen molar-refractivity contribution >= 4 is 0 Å². The van der Waals surface area contributed by atoms with Gasteiger partial charge in [0.1, 0.15) is 0 Å². The Morgan fingerprint density at radius 3 is 3.00 bits per heavy atom. The molecular formula is C12H14N2. The average molecular weight is 186 g/mol. The molecule has 2 heteroatoms. The first-order valence-corrected chi connectivity index (χ1v) is 5.01. The Balaban J connectivity index is 2.34. The van der Waals surface area contributed by atoms with Crippen LogP contribution in [0.1, 0.15) is 29.9 Å². The highest BCUT2D eigenvalue weighted by atomic mass is 14.6. The van der Waals surface area contributed by atoms with Gasteiger partial charge < -0.3 is 5.73 Å². The van der Waals surface area contributed by atoms with Crippen LogP contribution in [0.4, 0.5) is 0 Å². The summed E-state index contributed by atoms with van der Waals surface area (Å²) in [5, 5.41) is 8.74. The largest absolute Gasteiger partial charge is 0.327 e. The van der Waals surface area contributed by atoms with Gasteiger partial charge >= 0.3 is 0 Å². The lowest BCUT2D eigenvalue weighted by Crippen LogP contribution is -2.30. The zero-order valence-electron chi connectivity index (χ0n) is 8.11. The Labute approximate surface area is 84.3 Å². The van der Waals surface area contributed by atoms with Crippen molar-refractivity contribution in [3.63, 3.8) is 0 Å². The molecule has 1 aliphatic rings. The molecule has 2 N–H and O–H groups in total. The summed E-state index contributed by atoms with van der Waals surface area (Å²) in [6.45, 7) is 0. The zero-order valence-corrected chi connectivity index (χ0v) is 8.11. The van der Waals surface area contributed by atoms with Crippen molar-refractivity contribution in [3.8, 4) is 6.07 Å². The van der Waals surface area contributed by atoms with E-state index in [1.54, 1.807) is 0 Å². The molecule has 0 aromatic heterocycles. The molecule has 0 bridgehead atoms. The molecule has 0 fully saturated rings. The van der Waals surface area contributed by atoms with Crippen LogP contribution in [0.2, 0.25) is 0 Å². The van der Waals surface area contributed by atoms with Crippen LogP contribution in [-0.4, -0.2) is 6.04 Å². The van der Waals surface area contributed by atoms with Crippen LogP contribution in [0.5, 0.6) is 0 Å². The van der Waals surface area contributed by atoms with Crippen molar-refractivity contribution in [2.45, 2.75) is 31.2 Å². The number of hydrogen-bond acceptors (Lipinski definition) is 2. The molecule has 0 unspecified atom stereocenters. The Hall–Kier alpha value is -1.33. The van der Waals surface area contributed by atoms with E-state index < -0.39 is 0 Å². The van der Waals surface area contributed by atoms with E-state index >= 15 is 0 Å². The van der Waals surface area contributed by atoms with Crippen LogP contribution in [0, 0.1) is 11.3 Å². The lowest BCUT2D eigenvalue weighted by Gasteiger charge is -2.28. The molecule has 1 aromatic carbocycles. The number of benzene rings is 1. The molecule has 0 saturated carbocycles. The third-order valence-corrected chi connectivity index (χ3v) is 2.90. The highest BCUT2D eigenvalue weighted by Gasteiger charge is 2.23. The summed E-state index contributed by atoms with van der Waals surface area (Å²) < 4.78 is 0. The fourth-order valence-corrected chi connectivity index (χ4v) is 2.28. The minimum atomic E-state index is 0.225. The van der Waals surface area contributed by atoms with E-state index in [1.807, 2.05) is 12.1 Å². The molecule has 0 radical (unpaired) electrons. The summed E-state index contributed by atoms with van der Waals surface area (Å²) in [5.74, 6) is 0.347. The van der Waals surface area contributed by atoms with Gasteiger partial charge in [0.2, 0.25) is 0 Å². The molecule has 0 heterocycles. The van der Waals surface area contributed by atoms with Crippen molar-refractivity contribution in [3.05, 3.63) is 35.4 Å². The van der Waals surface area contributed by atoms with Gasteiger partial charge in [0.25, 0.3) is 0 Å². The molecule has 2 nitrogen and oxygen atoms in total. The average Bonchev–Trinajstić information content (AvgIpc) is 2.18. The topological polar surface area (TPSA) is 49.8 Å². The SMILES string of the molecule is N#CC[C@@H]1C[C@@H](N)Cc2ccccc21. The highest BCUT2D eigenvalue weighted by Crippen LogP contribution is 2.32. The lowest BCUT2D eigenvalue weighted by molar-refractivity contribution is 0.494. The number of fused-ring (bicyclic) bond motifs is 1. The summed E-state index contributed by atoms with van der Waals surface area (Å²) in [6, 6.07) is 10.8. The van der Waals surface area contributed by atoms with Gasteiger partial charge in [-0.25, -0.2) is 0 Å². The second-order valence-corrected chi connectivity index (χ2v) is 3.96. The standard InChI is InChI=1S/C12H14N2/c13-6-5-10-8-11(14)7-9-3-1-2-4-12(9)10/h1-4,10-11H,5,7-8,14H2/t10-,11+/m1/s1. The van der Waals surface area contributed by atoms with Crippen LogP contribution < -0.4 is 5.73 Å². The predicted octanol–water partition coefficient (Wildman–Crippen LogP) is 1.96. The molecule has 0 aliphatic heterocycles. The van der Waals surface area contributed by atoms with Crippen molar-refractivity contribution in [1.82, 2.24) is 0 Å². The fraction of sp³-hybridized carbons (Fsp3) is 0.417. The molecule has 1 aliphatic carbocycles. The number of nitrogens with zero attached hydrogens (tertiary/aromatic N) is 1. The van der Waals surface area contributed by atoms with Gasteiger partial charge in [-0.1, -0.05) is 24.3 Å². The van der Waals surface area contributed by atoms with Crippen LogP contribution in [0.25, 0.3) is 0 Å². The monoisotopic (exact) mass is 186 g/mol. The van der Waals surface area contributed by atoms with Crippen LogP contribution in [0.15, 0.2) is 24.3 Å². The smallest absolute Gasteiger partial charge is 0.0628 e. The molecule has 14 heavy (non-hydrogen) atoms. The quantitative estimate of drug-likeness (QED) is 0.728. The second kappa shape index (κ2) is 3.81. The Morgan fingerprint density at radius 2 is 2.21 bits per heavy atom. The molecule has 2 atom stereocenters. The van der Waals surface area contributed by atoms with Gasteiger partial charge in [0.05, 0.1) is 6.07 Å². The van der Waals surface area contributed by atoms with Gasteiger partial charge in [-0.2, -0.15) is 5.26 Å².